The topological polar surface area (TPSA) is 15.3 Å². The van der Waals surface area contributed by atoms with E-state index in [1.54, 1.807) is 0 Å². The minimum atomic E-state index is 0.483. The molecule has 20 heavy (non-hydrogen) atoms. The summed E-state index contributed by atoms with van der Waals surface area (Å²) in [5.74, 6) is 0. The fraction of sp³-hybridized carbons (Fsp3) is 0.647. The normalized spacial score (nSPS) is 18.7. The number of nitrogens with zero attached hydrogens (tertiary/aromatic N) is 1. The zero-order valence-corrected chi connectivity index (χ0v) is 14.2. The fourth-order valence-electron chi connectivity index (χ4n) is 3.00. The van der Waals surface area contributed by atoms with Crippen LogP contribution in [0.3, 0.4) is 0 Å². The lowest BCUT2D eigenvalue weighted by atomic mass is 10.0. The Hall–Kier alpha value is -0.380. The van der Waals surface area contributed by atoms with Gasteiger partial charge < -0.3 is 10.2 Å². The molecule has 112 valence electrons. The Morgan fingerprint density at radius 1 is 1.10 bits per heavy atom. The summed E-state index contributed by atoms with van der Waals surface area (Å²) in [6.45, 7) is 7.02. The zero-order chi connectivity index (χ0) is 14.2. The molecular weight excluding hydrogens is 312 g/mol. The molecular formula is C17H27BrN2. The molecule has 0 saturated carbocycles. The Balaban J connectivity index is 1.89. The zero-order valence-electron chi connectivity index (χ0n) is 12.6. The summed E-state index contributed by atoms with van der Waals surface area (Å²) in [5, 5.41) is 3.63. The van der Waals surface area contributed by atoms with Crippen LogP contribution in [0.5, 0.6) is 0 Å². The predicted octanol–water partition coefficient (Wildman–Crippen LogP) is 4.37. The van der Waals surface area contributed by atoms with Crippen LogP contribution in [0.1, 0.15) is 50.6 Å². The first-order valence-electron chi connectivity index (χ1n) is 8.01. The molecule has 1 aliphatic rings. The number of hydrogen-bond donors (Lipinski definition) is 1. The van der Waals surface area contributed by atoms with E-state index in [2.05, 4.69) is 57.3 Å². The second-order valence-electron chi connectivity index (χ2n) is 5.71. The highest BCUT2D eigenvalue weighted by Gasteiger charge is 2.14. The standard InChI is InChI=1S/C17H27BrN2/c1-2-19-17(15-7-9-16(18)10-8-15)11-14-20-12-5-3-4-6-13-20/h7-10,17,19H,2-6,11-14H2,1H3. The van der Waals surface area contributed by atoms with E-state index in [-0.39, 0.29) is 0 Å². The van der Waals surface area contributed by atoms with Gasteiger partial charge in [0, 0.05) is 10.5 Å². The van der Waals surface area contributed by atoms with Gasteiger partial charge in [-0.1, -0.05) is 47.8 Å². The number of benzene rings is 1. The van der Waals surface area contributed by atoms with E-state index in [1.165, 1.54) is 57.3 Å². The average Bonchev–Trinajstić information content (AvgIpc) is 2.73. The molecule has 1 N–H and O–H groups in total. The maximum atomic E-state index is 3.63. The van der Waals surface area contributed by atoms with Gasteiger partial charge in [0.15, 0.2) is 0 Å². The number of nitrogens with one attached hydrogen (secondary N) is 1. The van der Waals surface area contributed by atoms with Gasteiger partial charge in [0.1, 0.15) is 0 Å². The molecule has 1 atom stereocenters. The van der Waals surface area contributed by atoms with E-state index in [1.807, 2.05) is 0 Å². The second-order valence-corrected chi connectivity index (χ2v) is 6.62. The quantitative estimate of drug-likeness (QED) is 0.828. The van der Waals surface area contributed by atoms with Gasteiger partial charge in [0.05, 0.1) is 0 Å². The maximum absolute atomic E-state index is 3.63. The summed E-state index contributed by atoms with van der Waals surface area (Å²) in [4.78, 5) is 2.65. The van der Waals surface area contributed by atoms with Crippen molar-refractivity contribution in [3.8, 4) is 0 Å². The lowest BCUT2D eigenvalue weighted by molar-refractivity contribution is 0.266. The minimum absolute atomic E-state index is 0.483. The van der Waals surface area contributed by atoms with Crippen molar-refractivity contribution >= 4 is 15.9 Å². The highest BCUT2D eigenvalue weighted by Crippen LogP contribution is 2.21. The molecule has 0 aliphatic carbocycles. The molecule has 1 fully saturated rings. The summed E-state index contributed by atoms with van der Waals surface area (Å²) in [7, 11) is 0. The van der Waals surface area contributed by atoms with Crippen LogP contribution in [0.25, 0.3) is 0 Å². The molecule has 1 aromatic carbocycles. The highest BCUT2D eigenvalue weighted by molar-refractivity contribution is 9.10. The first-order valence-corrected chi connectivity index (χ1v) is 8.80. The van der Waals surface area contributed by atoms with Crippen molar-refractivity contribution in [3.05, 3.63) is 34.3 Å². The van der Waals surface area contributed by atoms with E-state index in [9.17, 15) is 0 Å². The molecule has 3 heteroatoms. The van der Waals surface area contributed by atoms with Crippen LogP contribution < -0.4 is 5.32 Å². The maximum Gasteiger partial charge on any atom is 0.0332 e. The molecule has 1 unspecified atom stereocenters. The first kappa shape index (κ1) is 16.0. The van der Waals surface area contributed by atoms with Crippen molar-refractivity contribution in [1.29, 1.82) is 0 Å². The summed E-state index contributed by atoms with van der Waals surface area (Å²) in [6.07, 6.45) is 6.80. The molecule has 2 rings (SSSR count). The van der Waals surface area contributed by atoms with Crippen LogP contribution >= 0.6 is 15.9 Å². The smallest absolute Gasteiger partial charge is 0.0332 e. The van der Waals surface area contributed by atoms with E-state index >= 15 is 0 Å². The molecule has 0 spiro atoms. The SMILES string of the molecule is CCNC(CCN1CCCCCC1)c1ccc(Br)cc1. The Bertz CT molecular complexity index is 369. The van der Waals surface area contributed by atoms with Crippen molar-refractivity contribution in [2.45, 2.75) is 45.1 Å². The van der Waals surface area contributed by atoms with E-state index in [0.717, 1.165) is 11.0 Å². The van der Waals surface area contributed by atoms with Gasteiger partial charge in [-0.15, -0.1) is 0 Å². The van der Waals surface area contributed by atoms with Crippen molar-refractivity contribution in [2.75, 3.05) is 26.2 Å². The largest absolute Gasteiger partial charge is 0.310 e. The Kier molecular flexibility index (Phi) is 7.05. The molecule has 1 saturated heterocycles. The molecule has 0 radical (unpaired) electrons. The summed E-state index contributed by atoms with van der Waals surface area (Å²) < 4.78 is 1.16. The van der Waals surface area contributed by atoms with Gasteiger partial charge in [0.25, 0.3) is 0 Å². The molecule has 1 aliphatic heterocycles. The van der Waals surface area contributed by atoms with Gasteiger partial charge >= 0.3 is 0 Å². The third-order valence-corrected chi connectivity index (χ3v) is 4.68. The predicted molar refractivity (Wildman–Crippen MR) is 90.1 cm³/mol. The molecule has 0 bridgehead atoms. The average molecular weight is 339 g/mol. The van der Waals surface area contributed by atoms with Crippen LogP contribution in [-0.2, 0) is 0 Å². The van der Waals surface area contributed by atoms with Gasteiger partial charge in [-0.25, -0.2) is 0 Å². The van der Waals surface area contributed by atoms with E-state index in [0.29, 0.717) is 6.04 Å². The van der Waals surface area contributed by atoms with Crippen LogP contribution in [0.2, 0.25) is 0 Å². The van der Waals surface area contributed by atoms with Gasteiger partial charge in [0.2, 0.25) is 0 Å². The van der Waals surface area contributed by atoms with Crippen LogP contribution in [0.4, 0.5) is 0 Å². The highest BCUT2D eigenvalue weighted by atomic mass is 79.9. The minimum Gasteiger partial charge on any atom is -0.310 e. The van der Waals surface area contributed by atoms with Crippen LogP contribution in [0, 0.1) is 0 Å². The monoisotopic (exact) mass is 338 g/mol. The van der Waals surface area contributed by atoms with Gasteiger partial charge in [-0.05, 0) is 63.1 Å². The Labute approximate surface area is 132 Å². The summed E-state index contributed by atoms with van der Waals surface area (Å²) in [6, 6.07) is 9.24. The molecule has 0 aromatic heterocycles. The van der Waals surface area contributed by atoms with Gasteiger partial charge in [-0.3, -0.25) is 0 Å². The first-order chi connectivity index (χ1) is 9.79. The van der Waals surface area contributed by atoms with E-state index < -0.39 is 0 Å². The molecule has 1 heterocycles. The van der Waals surface area contributed by atoms with Crippen LogP contribution in [0.15, 0.2) is 28.7 Å². The number of likely N-dealkylation sites (tertiary alicyclic amines) is 1. The Morgan fingerprint density at radius 3 is 2.35 bits per heavy atom. The lowest BCUT2D eigenvalue weighted by Gasteiger charge is -2.24. The molecule has 1 aromatic rings. The van der Waals surface area contributed by atoms with Crippen molar-refractivity contribution in [1.82, 2.24) is 10.2 Å². The summed E-state index contributed by atoms with van der Waals surface area (Å²) >= 11 is 3.52. The van der Waals surface area contributed by atoms with Crippen LogP contribution in [-0.4, -0.2) is 31.1 Å². The van der Waals surface area contributed by atoms with Crippen molar-refractivity contribution < 1.29 is 0 Å². The van der Waals surface area contributed by atoms with E-state index in [4.69, 9.17) is 0 Å². The number of hydrogen-bond acceptors (Lipinski definition) is 2. The summed E-state index contributed by atoms with van der Waals surface area (Å²) in [5.41, 5.74) is 1.41. The third-order valence-electron chi connectivity index (χ3n) is 4.16. The third kappa shape index (κ3) is 5.19. The van der Waals surface area contributed by atoms with Crippen molar-refractivity contribution in [2.24, 2.45) is 0 Å². The molecule has 2 nitrogen and oxygen atoms in total. The fourth-order valence-corrected chi connectivity index (χ4v) is 3.26. The van der Waals surface area contributed by atoms with Crippen molar-refractivity contribution in [3.63, 3.8) is 0 Å². The second kappa shape index (κ2) is 8.81. The number of rotatable bonds is 6. The number of halogens is 1. The van der Waals surface area contributed by atoms with Gasteiger partial charge in [-0.2, -0.15) is 0 Å². The Morgan fingerprint density at radius 2 is 1.75 bits per heavy atom. The molecule has 0 amide bonds. The lowest BCUT2D eigenvalue weighted by Crippen LogP contribution is -2.30.